The Balaban J connectivity index is 3.07. The van der Waals surface area contributed by atoms with Crippen LogP contribution in [-0.2, 0) is 9.53 Å². The van der Waals surface area contributed by atoms with Gasteiger partial charge in [0, 0.05) is 11.6 Å². The second-order valence-corrected chi connectivity index (χ2v) is 2.89. The number of rotatable bonds is 3. The third kappa shape index (κ3) is 2.44. The fourth-order valence-electron chi connectivity index (χ4n) is 1.20. The van der Waals surface area contributed by atoms with Crippen LogP contribution >= 0.6 is 0 Å². The molecule has 0 fully saturated rings. The van der Waals surface area contributed by atoms with Gasteiger partial charge in [-0.2, -0.15) is 0 Å². The van der Waals surface area contributed by atoms with Crippen molar-refractivity contribution in [2.75, 3.05) is 14.2 Å². The molecule has 15 heavy (non-hydrogen) atoms. The predicted molar refractivity (Wildman–Crippen MR) is 51.9 cm³/mol. The molecule has 4 nitrogen and oxygen atoms in total. The summed E-state index contributed by atoms with van der Waals surface area (Å²) < 4.78 is 22.2. The van der Waals surface area contributed by atoms with Crippen LogP contribution in [0.5, 0.6) is 5.75 Å². The van der Waals surface area contributed by atoms with Crippen molar-refractivity contribution in [2.45, 2.75) is 6.04 Å². The first-order valence-electron chi connectivity index (χ1n) is 4.27. The number of esters is 1. The molecule has 0 saturated heterocycles. The molecule has 0 bridgehead atoms. The van der Waals surface area contributed by atoms with Crippen LogP contribution in [0.25, 0.3) is 0 Å². The van der Waals surface area contributed by atoms with Crippen LogP contribution in [0.1, 0.15) is 11.6 Å². The number of methoxy groups -OCH3 is 2. The number of carbonyl (C=O) groups is 1. The molecular formula is C10H12FNO3. The highest BCUT2D eigenvalue weighted by Crippen LogP contribution is 2.25. The lowest BCUT2D eigenvalue weighted by molar-refractivity contribution is -0.142. The number of carbonyl (C=O) groups excluding carboxylic acids is 1. The monoisotopic (exact) mass is 213 g/mol. The molecule has 0 spiro atoms. The van der Waals surface area contributed by atoms with Crippen LogP contribution in [0.4, 0.5) is 4.39 Å². The molecule has 2 N–H and O–H groups in total. The van der Waals surface area contributed by atoms with E-state index in [2.05, 4.69) is 4.74 Å². The van der Waals surface area contributed by atoms with Gasteiger partial charge in [0.2, 0.25) is 0 Å². The van der Waals surface area contributed by atoms with Gasteiger partial charge >= 0.3 is 5.97 Å². The number of benzene rings is 1. The lowest BCUT2D eigenvalue weighted by Crippen LogP contribution is -2.23. The van der Waals surface area contributed by atoms with Gasteiger partial charge in [-0.1, -0.05) is 6.07 Å². The van der Waals surface area contributed by atoms with E-state index in [0.717, 1.165) is 6.07 Å². The van der Waals surface area contributed by atoms with Gasteiger partial charge in [-0.15, -0.1) is 0 Å². The van der Waals surface area contributed by atoms with Gasteiger partial charge in [0.25, 0.3) is 0 Å². The Kier molecular flexibility index (Phi) is 3.62. The van der Waals surface area contributed by atoms with E-state index in [-0.39, 0.29) is 5.75 Å². The summed E-state index contributed by atoms with van der Waals surface area (Å²) in [5.74, 6) is -0.819. The highest BCUT2D eigenvalue weighted by atomic mass is 19.1. The largest absolute Gasteiger partial charge is 0.496 e. The number of ether oxygens (including phenoxy) is 2. The first-order valence-corrected chi connectivity index (χ1v) is 4.27. The third-order valence-corrected chi connectivity index (χ3v) is 1.99. The summed E-state index contributed by atoms with van der Waals surface area (Å²) in [7, 11) is 2.61. The molecule has 82 valence electrons. The maximum Gasteiger partial charge on any atom is 0.327 e. The lowest BCUT2D eigenvalue weighted by Gasteiger charge is -2.13. The van der Waals surface area contributed by atoms with Crippen LogP contribution in [0.3, 0.4) is 0 Å². The molecule has 1 aromatic carbocycles. The fourth-order valence-corrected chi connectivity index (χ4v) is 1.20. The Morgan fingerprint density at radius 2 is 2.13 bits per heavy atom. The summed E-state index contributed by atoms with van der Waals surface area (Å²) in [5.41, 5.74) is 5.99. The average molecular weight is 213 g/mol. The molecular weight excluding hydrogens is 201 g/mol. The minimum Gasteiger partial charge on any atom is -0.496 e. The minimum atomic E-state index is -0.967. The second-order valence-electron chi connectivity index (χ2n) is 2.89. The number of hydrogen-bond donors (Lipinski definition) is 1. The van der Waals surface area contributed by atoms with Gasteiger partial charge in [0.05, 0.1) is 14.2 Å². The summed E-state index contributed by atoms with van der Waals surface area (Å²) in [6.45, 7) is 0. The lowest BCUT2D eigenvalue weighted by atomic mass is 10.1. The van der Waals surface area contributed by atoms with E-state index in [1.807, 2.05) is 0 Å². The number of hydrogen-bond acceptors (Lipinski definition) is 4. The molecule has 0 aliphatic heterocycles. The molecule has 0 saturated carbocycles. The molecule has 1 rings (SSSR count). The molecule has 0 heterocycles. The van der Waals surface area contributed by atoms with E-state index in [1.54, 1.807) is 0 Å². The normalized spacial score (nSPS) is 12.0. The van der Waals surface area contributed by atoms with Crippen molar-refractivity contribution in [2.24, 2.45) is 5.73 Å². The second kappa shape index (κ2) is 4.75. The zero-order chi connectivity index (χ0) is 11.4. The number of halogens is 1. The highest BCUT2D eigenvalue weighted by molar-refractivity contribution is 5.78. The molecule has 0 aromatic heterocycles. The number of nitrogens with two attached hydrogens (primary N) is 1. The summed E-state index contributed by atoms with van der Waals surface area (Å²) in [6.07, 6.45) is 0. The van der Waals surface area contributed by atoms with E-state index in [4.69, 9.17) is 10.5 Å². The van der Waals surface area contributed by atoms with Gasteiger partial charge in [-0.3, -0.25) is 4.79 Å². The van der Waals surface area contributed by atoms with E-state index in [9.17, 15) is 9.18 Å². The Labute approximate surface area is 86.8 Å². The molecule has 1 aromatic rings. The quantitative estimate of drug-likeness (QED) is 0.761. The van der Waals surface area contributed by atoms with Crippen molar-refractivity contribution in [1.82, 2.24) is 0 Å². The first kappa shape index (κ1) is 11.5. The Hall–Kier alpha value is -1.62. The van der Waals surface area contributed by atoms with Crippen LogP contribution in [0.2, 0.25) is 0 Å². The van der Waals surface area contributed by atoms with Gasteiger partial charge in [0.1, 0.15) is 17.6 Å². The van der Waals surface area contributed by atoms with Crippen molar-refractivity contribution in [3.8, 4) is 5.75 Å². The van der Waals surface area contributed by atoms with Crippen molar-refractivity contribution >= 4 is 5.97 Å². The molecule has 5 heteroatoms. The van der Waals surface area contributed by atoms with Crippen LogP contribution in [-0.4, -0.2) is 20.2 Å². The zero-order valence-electron chi connectivity index (χ0n) is 8.49. The molecule has 0 amide bonds. The smallest absolute Gasteiger partial charge is 0.327 e. The summed E-state index contributed by atoms with van der Waals surface area (Å²) in [5, 5.41) is 0. The molecule has 0 aliphatic carbocycles. The van der Waals surface area contributed by atoms with Crippen molar-refractivity contribution in [1.29, 1.82) is 0 Å². The van der Waals surface area contributed by atoms with Crippen LogP contribution in [0.15, 0.2) is 18.2 Å². The fraction of sp³-hybridized carbons (Fsp3) is 0.300. The average Bonchev–Trinajstić information content (AvgIpc) is 2.26. The Morgan fingerprint density at radius 3 is 2.67 bits per heavy atom. The molecule has 0 unspecified atom stereocenters. The summed E-state index contributed by atoms with van der Waals surface area (Å²) in [6, 6.07) is 2.81. The Morgan fingerprint density at radius 1 is 1.47 bits per heavy atom. The maximum absolute atomic E-state index is 12.8. The molecule has 1 atom stereocenters. The minimum absolute atomic E-state index is 0.230. The standard InChI is InChI=1S/C10H12FNO3/c1-14-8-5-6(11)3-4-7(8)9(12)10(13)15-2/h3-5,9H,12H2,1-2H3/t9-/m1/s1. The van der Waals surface area contributed by atoms with Crippen molar-refractivity contribution < 1.29 is 18.7 Å². The predicted octanol–water partition coefficient (Wildman–Crippen LogP) is 1.01. The SMILES string of the molecule is COC(=O)[C@H](N)c1ccc(F)cc1OC. The topological polar surface area (TPSA) is 61.5 Å². The van der Waals surface area contributed by atoms with Crippen LogP contribution < -0.4 is 10.5 Å². The van der Waals surface area contributed by atoms with Crippen molar-refractivity contribution in [3.05, 3.63) is 29.6 Å². The molecule has 0 radical (unpaired) electrons. The van der Waals surface area contributed by atoms with Gasteiger partial charge in [-0.25, -0.2) is 4.39 Å². The highest BCUT2D eigenvalue weighted by Gasteiger charge is 2.20. The first-order chi connectivity index (χ1) is 7.10. The summed E-state index contributed by atoms with van der Waals surface area (Å²) in [4.78, 5) is 11.2. The third-order valence-electron chi connectivity index (χ3n) is 1.99. The van der Waals surface area contributed by atoms with Gasteiger partial charge < -0.3 is 15.2 Å². The van der Waals surface area contributed by atoms with E-state index < -0.39 is 17.8 Å². The maximum atomic E-state index is 12.8. The molecule has 0 aliphatic rings. The van der Waals surface area contributed by atoms with Crippen LogP contribution in [0, 0.1) is 5.82 Å². The van der Waals surface area contributed by atoms with Gasteiger partial charge in [0.15, 0.2) is 0 Å². The Bertz CT molecular complexity index is 368. The van der Waals surface area contributed by atoms with Crippen molar-refractivity contribution in [3.63, 3.8) is 0 Å². The van der Waals surface area contributed by atoms with E-state index in [0.29, 0.717) is 5.56 Å². The zero-order valence-corrected chi connectivity index (χ0v) is 8.49. The summed E-state index contributed by atoms with van der Waals surface area (Å²) >= 11 is 0. The van der Waals surface area contributed by atoms with E-state index >= 15 is 0 Å². The van der Waals surface area contributed by atoms with Gasteiger partial charge in [-0.05, 0) is 6.07 Å². The van der Waals surface area contributed by atoms with E-state index in [1.165, 1.54) is 26.4 Å².